The van der Waals surface area contributed by atoms with E-state index in [4.69, 9.17) is 16.3 Å². The molecule has 0 spiro atoms. The van der Waals surface area contributed by atoms with Crippen molar-refractivity contribution >= 4 is 27.5 Å². The number of halogens is 1. The zero-order chi connectivity index (χ0) is 18.0. The molecule has 138 valence electrons. The van der Waals surface area contributed by atoms with E-state index in [1.165, 1.54) is 22.5 Å². The highest BCUT2D eigenvalue weighted by molar-refractivity contribution is 7.89. The van der Waals surface area contributed by atoms with Crippen LogP contribution in [0.5, 0.6) is 0 Å². The molecule has 1 aromatic rings. The predicted molar refractivity (Wildman–Crippen MR) is 94.4 cm³/mol. The average molecular weight is 388 g/mol. The normalized spacial score (nSPS) is 20.6. The SMILES string of the molecule is CN1CCN(S(=O)(=O)c2ccc(Cl)c(C(=O)N3CCOCC3)c2)CC1. The lowest BCUT2D eigenvalue weighted by Gasteiger charge is -2.31. The minimum atomic E-state index is -3.64. The lowest BCUT2D eigenvalue weighted by atomic mass is 10.2. The number of carbonyl (C=O) groups is 1. The van der Waals surface area contributed by atoms with Crippen molar-refractivity contribution in [2.24, 2.45) is 0 Å². The molecule has 25 heavy (non-hydrogen) atoms. The summed E-state index contributed by atoms with van der Waals surface area (Å²) in [5.74, 6) is -0.260. The molecule has 2 saturated heterocycles. The van der Waals surface area contributed by atoms with Crippen LogP contribution in [0, 0.1) is 0 Å². The minimum absolute atomic E-state index is 0.109. The maximum atomic E-state index is 12.9. The molecule has 7 nitrogen and oxygen atoms in total. The zero-order valence-corrected chi connectivity index (χ0v) is 15.7. The number of benzene rings is 1. The Morgan fingerprint density at radius 1 is 1.08 bits per heavy atom. The Labute approximate surface area is 153 Å². The highest BCUT2D eigenvalue weighted by atomic mass is 35.5. The Morgan fingerprint density at radius 2 is 1.72 bits per heavy atom. The number of rotatable bonds is 3. The molecule has 0 atom stereocenters. The van der Waals surface area contributed by atoms with E-state index in [0.29, 0.717) is 52.5 Å². The van der Waals surface area contributed by atoms with Gasteiger partial charge in [0.2, 0.25) is 10.0 Å². The molecule has 2 heterocycles. The molecule has 0 aliphatic carbocycles. The first-order valence-corrected chi connectivity index (χ1v) is 10.1. The third-order valence-electron chi connectivity index (χ3n) is 4.57. The number of amides is 1. The van der Waals surface area contributed by atoms with Crippen LogP contribution in [0.4, 0.5) is 0 Å². The summed E-state index contributed by atoms with van der Waals surface area (Å²) in [7, 11) is -1.67. The molecule has 0 N–H and O–H groups in total. The van der Waals surface area contributed by atoms with Crippen molar-refractivity contribution < 1.29 is 17.9 Å². The molecule has 9 heteroatoms. The van der Waals surface area contributed by atoms with Crippen molar-refractivity contribution in [3.63, 3.8) is 0 Å². The Kier molecular flexibility index (Phi) is 5.65. The summed E-state index contributed by atoms with van der Waals surface area (Å²) in [6.45, 7) is 4.15. The van der Waals surface area contributed by atoms with Gasteiger partial charge in [0.15, 0.2) is 0 Å². The summed E-state index contributed by atoms with van der Waals surface area (Å²) in [4.78, 5) is 16.5. The Balaban J connectivity index is 1.86. The van der Waals surface area contributed by atoms with Gasteiger partial charge in [-0.3, -0.25) is 4.79 Å². The fourth-order valence-corrected chi connectivity index (χ4v) is 4.59. The first-order valence-electron chi connectivity index (χ1n) is 8.25. The first kappa shape index (κ1) is 18.6. The summed E-state index contributed by atoms with van der Waals surface area (Å²) in [5.41, 5.74) is 0.221. The van der Waals surface area contributed by atoms with Gasteiger partial charge in [-0.1, -0.05) is 11.6 Å². The summed E-state index contributed by atoms with van der Waals surface area (Å²) < 4.78 is 32.5. The fraction of sp³-hybridized carbons (Fsp3) is 0.562. The van der Waals surface area contributed by atoms with E-state index in [1.807, 2.05) is 7.05 Å². The van der Waals surface area contributed by atoms with Gasteiger partial charge in [0.1, 0.15) is 0 Å². The quantitative estimate of drug-likeness (QED) is 0.765. The number of piperazine rings is 1. The number of hydrogen-bond donors (Lipinski definition) is 0. The number of morpholine rings is 1. The van der Waals surface area contributed by atoms with Crippen LogP contribution < -0.4 is 0 Å². The first-order chi connectivity index (χ1) is 11.9. The molecule has 0 unspecified atom stereocenters. The van der Waals surface area contributed by atoms with Crippen molar-refractivity contribution in [3.8, 4) is 0 Å². The summed E-state index contributed by atoms with van der Waals surface area (Å²) in [6.07, 6.45) is 0. The molecule has 2 aliphatic heterocycles. The van der Waals surface area contributed by atoms with Crippen molar-refractivity contribution in [2.75, 3.05) is 59.5 Å². The van der Waals surface area contributed by atoms with Gasteiger partial charge >= 0.3 is 0 Å². The summed E-state index contributed by atoms with van der Waals surface area (Å²) in [5, 5.41) is 0.258. The van der Waals surface area contributed by atoms with E-state index < -0.39 is 10.0 Å². The third kappa shape index (κ3) is 3.98. The van der Waals surface area contributed by atoms with Gasteiger partial charge in [-0.15, -0.1) is 0 Å². The van der Waals surface area contributed by atoms with Crippen LogP contribution in [0.1, 0.15) is 10.4 Å². The van der Waals surface area contributed by atoms with E-state index in [-0.39, 0.29) is 21.4 Å². The summed E-state index contributed by atoms with van der Waals surface area (Å²) >= 11 is 6.17. The Hall–Kier alpha value is -1.19. The van der Waals surface area contributed by atoms with Crippen LogP contribution in [-0.4, -0.2) is 88.0 Å². The monoisotopic (exact) mass is 387 g/mol. The van der Waals surface area contributed by atoms with E-state index >= 15 is 0 Å². The van der Waals surface area contributed by atoms with Crippen molar-refractivity contribution in [1.82, 2.24) is 14.1 Å². The molecule has 3 rings (SSSR count). The number of sulfonamides is 1. The van der Waals surface area contributed by atoms with Gasteiger partial charge in [0.25, 0.3) is 5.91 Å². The van der Waals surface area contributed by atoms with Gasteiger partial charge in [-0.05, 0) is 25.2 Å². The van der Waals surface area contributed by atoms with Crippen LogP contribution >= 0.6 is 11.6 Å². The topological polar surface area (TPSA) is 70.2 Å². The molecule has 1 aromatic carbocycles. The number of ether oxygens (including phenoxy) is 1. The van der Waals surface area contributed by atoms with Crippen LogP contribution in [0.15, 0.2) is 23.1 Å². The van der Waals surface area contributed by atoms with E-state index in [1.54, 1.807) is 4.90 Å². The van der Waals surface area contributed by atoms with Gasteiger partial charge in [0.05, 0.1) is 28.7 Å². The standard InChI is InChI=1S/C16H22ClN3O4S/c1-18-4-6-20(7-5-18)25(22,23)13-2-3-15(17)14(12-13)16(21)19-8-10-24-11-9-19/h2-3,12H,4-11H2,1H3. The molecular formula is C16H22ClN3O4S. The number of nitrogens with zero attached hydrogens (tertiary/aromatic N) is 3. The minimum Gasteiger partial charge on any atom is -0.378 e. The van der Waals surface area contributed by atoms with Crippen LogP contribution in [0.3, 0.4) is 0 Å². The van der Waals surface area contributed by atoms with E-state index in [2.05, 4.69) is 4.90 Å². The largest absolute Gasteiger partial charge is 0.378 e. The highest BCUT2D eigenvalue weighted by Gasteiger charge is 2.29. The van der Waals surface area contributed by atoms with Gasteiger partial charge < -0.3 is 14.5 Å². The van der Waals surface area contributed by atoms with Crippen molar-refractivity contribution in [1.29, 1.82) is 0 Å². The number of hydrogen-bond acceptors (Lipinski definition) is 5. The van der Waals surface area contributed by atoms with Crippen molar-refractivity contribution in [3.05, 3.63) is 28.8 Å². The lowest BCUT2D eigenvalue weighted by molar-refractivity contribution is 0.0303. The van der Waals surface area contributed by atoms with E-state index in [9.17, 15) is 13.2 Å². The van der Waals surface area contributed by atoms with Gasteiger partial charge in [-0.2, -0.15) is 4.31 Å². The molecule has 1 amide bonds. The lowest BCUT2D eigenvalue weighted by Crippen LogP contribution is -2.47. The second-order valence-electron chi connectivity index (χ2n) is 6.25. The maximum Gasteiger partial charge on any atom is 0.255 e. The molecular weight excluding hydrogens is 366 g/mol. The fourth-order valence-electron chi connectivity index (χ4n) is 2.94. The smallest absolute Gasteiger partial charge is 0.255 e. The third-order valence-corrected chi connectivity index (χ3v) is 6.79. The summed E-state index contributed by atoms with van der Waals surface area (Å²) in [6, 6.07) is 4.35. The van der Waals surface area contributed by atoms with Crippen LogP contribution in [0.2, 0.25) is 5.02 Å². The molecule has 0 saturated carbocycles. The maximum absolute atomic E-state index is 12.9. The van der Waals surface area contributed by atoms with Crippen LogP contribution in [-0.2, 0) is 14.8 Å². The van der Waals surface area contributed by atoms with Crippen molar-refractivity contribution in [2.45, 2.75) is 4.90 Å². The molecule has 2 fully saturated rings. The second kappa shape index (κ2) is 7.59. The molecule has 0 radical (unpaired) electrons. The zero-order valence-electron chi connectivity index (χ0n) is 14.1. The Bertz CT molecular complexity index is 742. The molecule has 0 aromatic heterocycles. The van der Waals surface area contributed by atoms with E-state index in [0.717, 1.165) is 0 Å². The molecule has 0 bridgehead atoms. The number of likely N-dealkylation sites (N-methyl/N-ethyl adjacent to an activating group) is 1. The van der Waals surface area contributed by atoms with Crippen LogP contribution in [0.25, 0.3) is 0 Å². The predicted octanol–water partition coefficient (Wildman–Crippen LogP) is 0.748. The van der Waals surface area contributed by atoms with Gasteiger partial charge in [0, 0.05) is 39.3 Å². The molecule has 2 aliphatic rings. The van der Waals surface area contributed by atoms with Gasteiger partial charge in [-0.25, -0.2) is 8.42 Å². The number of carbonyl (C=O) groups excluding carboxylic acids is 1. The second-order valence-corrected chi connectivity index (χ2v) is 8.60. The average Bonchev–Trinajstić information content (AvgIpc) is 2.62. The Morgan fingerprint density at radius 3 is 2.36 bits per heavy atom. The highest BCUT2D eigenvalue weighted by Crippen LogP contribution is 2.25.